The molecule has 0 aliphatic heterocycles. The van der Waals surface area contributed by atoms with Crippen LogP contribution in [0.2, 0.25) is 0 Å². The van der Waals surface area contributed by atoms with Gasteiger partial charge >= 0.3 is 12.1 Å². The topological polar surface area (TPSA) is 73.9 Å². The molecule has 1 unspecified atom stereocenters. The zero-order valence-corrected chi connectivity index (χ0v) is 13.3. The molecule has 124 valence electrons. The number of nitrogens with one attached hydrogen (secondary N) is 1. The summed E-state index contributed by atoms with van der Waals surface area (Å²) in [4.78, 5) is 23.5. The first-order chi connectivity index (χ1) is 11.1. The van der Waals surface area contributed by atoms with Crippen LogP contribution in [-0.4, -0.2) is 31.8 Å². The first-order valence-corrected chi connectivity index (χ1v) is 7.27. The minimum atomic E-state index is -0.907. The molecule has 1 aromatic carbocycles. The Morgan fingerprint density at radius 3 is 2.52 bits per heavy atom. The van der Waals surface area contributed by atoms with Gasteiger partial charge in [-0.3, -0.25) is 0 Å². The zero-order chi connectivity index (χ0) is 17.1. The van der Waals surface area contributed by atoms with Crippen LogP contribution in [0.25, 0.3) is 0 Å². The molecule has 1 atom stereocenters. The van der Waals surface area contributed by atoms with E-state index in [1.54, 1.807) is 31.4 Å². The third-order valence-corrected chi connectivity index (χ3v) is 2.88. The molecule has 0 aliphatic rings. The van der Waals surface area contributed by atoms with E-state index in [2.05, 4.69) is 11.2 Å². The van der Waals surface area contributed by atoms with Crippen molar-refractivity contribution in [3.8, 4) is 18.1 Å². The van der Waals surface area contributed by atoms with Crippen LogP contribution in [-0.2, 0) is 20.9 Å². The third-order valence-electron chi connectivity index (χ3n) is 2.88. The molecule has 0 fully saturated rings. The van der Waals surface area contributed by atoms with Crippen LogP contribution in [0.4, 0.5) is 4.79 Å². The van der Waals surface area contributed by atoms with Gasteiger partial charge in [-0.15, -0.1) is 12.3 Å². The van der Waals surface area contributed by atoms with Gasteiger partial charge in [0.25, 0.3) is 0 Å². The molecule has 0 spiro atoms. The molecule has 0 saturated heterocycles. The summed E-state index contributed by atoms with van der Waals surface area (Å²) in [6, 6.07) is 6.18. The van der Waals surface area contributed by atoms with Crippen molar-refractivity contribution >= 4 is 12.1 Å². The summed E-state index contributed by atoms with van der Waals surface area (Å²) in [5.41, 5.74) is 0.794. The van der Waals surface area contributed by atoms with E-state index in [0.29, 0.717) is 12.2 Å². The number of alkyl carbamates (subject to hydrolysis) is 1. The lowest BCUT2D eigenvalue weighted by Gasteiger charge is -2.15. The van der Waals surface area contributed by atoms with Gasteiger partial charge in [0.2, 0.25) is 0 Å². The van der Waals surface area contributed by atoms with Crippen LogP contribution in [0.15, 0.2) is 24.3 Å². The SMILES string of the molecule is C#CCC(NC(=O)OCc1ccc(OC)cc1)C(=O)OCCC. The summed E-state index contributed by atoms with van der Waals surface area (Å²) < 4.78 is 15.1. The lowest BCUT2D eigenvalue weighted by atomic mass is 10.2. The summed E-state index contributed by atoms with van der Waals surface area (Å²) in [7, 11) is 1.57. The summed E-state index contributed by atoms with van der Waals surface area (Å²) in [6.45, 7) is 2.23. The predicted octanol–water partition coefficient (Wildman–Crippen LogP) is 2.27. The molecule has 1 rings (SSSR count). The van der Waals surface area contributed by atoms with Gasteiger partial charge < -0.3 is 19.5 Å². The van der Waals surface area contributed by atoms with Gasteiger partial charge in [-0.1, -0.05) is 19.1 Å². The molecule has 1 N–H and O–H groups in total. The third kappa shape index (κ3) is 6.74. The van der Waals surface area contributed by atoms with Gasteiger partial charge in [0.05, 0.1) is 13.7 Å². The largest absolute Gasteiger partial charge is 0.497 e. The number of terminal acetylenes is 1. The van der Waals surface area contributed by atoms with E-state index in [0.717, 1.165) is 5.56 Å². The van der Waals surface area contributed by atoms with Crippen LogP contribution in [0.3, 0.4) is 0 Å². The molecular formula is C17H21NO5. The van der Waals surface area contributed by atoms with Crippen LogP contribution < -0.4 is 10.1 Å². The van der Waals surface area contributed by atoms with Crippen molar-refractivity contribution in [3.05, 3.63) is 29.8 Å². The summed E-state index contributed by atoms with van der Waals surface area (Å²) in [6.07, 6.45) is 5.21. The number of benzene rings is 1. The number of methoxy groups -OCH3 is 1. The second-order valence-electron chi connectivity index (χ2n) is 4.70. The highest BCUT2D eigenvalue weighted by atomic mass is 16.6. The number of esters is 1. The van der Waals surface area contributed by atoms with Gasteiger partial charge in [-0.2, -0.15) is 0 Å². The van der Waals surface area contributed by atoms with Gasteiger partial charge in [0.1, 0.15) is 18.4 Å². The standard InChI is InChI=1S/C17H21NO5/c1-4-6-15(16(19)22-11-5-2)18-17(20)23-12-13-7-9-14(21-3)10-8-13/h1,7-10,15H,5-6,11-12H2,2-3H3,(H,18,20). The van der Waals surface area contributed by atoms with Gasteiger partial charge in [0, 0.05) is 6.42 Å². The molecule has 23 heavy (non-hydrogen) atoms. The Kier molecular flexibility index (Phi) is 8.08. The Labute approximate surface area is 136 Å². The van der Waals surface area contributed by atoms with Crippen molar-refractivity contribution in [2.75, 3.05) is 13.7 Å². The molecule has 1 amide bonds. The molecule has 0 radical (unpaired) electrons. The molecule has 0 heterocycles. The Bertz CT molecular complexity index is 547. The Hall–Kier alpha value is -2.68. The van der Waals surface area contributed by atoms with Gasteiger partial charge in [-0.05, 0) is 24.1 Å². The van der Waals surface area contributed by atoms with Crippen molar-refractivity contribution in [2.45, 2.75) is 32.4 Å². The second kappa shape index (κ2) is 10.1. The lowest BCUT2D eigenvalue weighted by molar-refractivity contribution is -0.145. The maximum absolute atomic E-state index is 11.8. The second-order valence-corrected chi connectivity index (χ2v) is 4.70. The average Bonchev–Trinajstić information content (AvgIpc) is 2.57. The average molecular weight is 319 g/mol. The molecule has 0 aliphatic carbocycles. The smallest absolute Gasteiger partial charge is 0.408 e. The van der Waals surface area contributed by atoms with Crippen LogP contribution >= 0.6 is 0 Å². The fourth-order valence-electron chi connectivity index (χ4n) is 1.67. The van der Waals surface area contributed by atoms with E-state index in [1.807, 2.05) is 6.92 Å². The minimum Gasteiger partial charge on any atom is -0.497 e. The van der Waals surface area contributed by atoms with Gasteiger partial charge in [0.15, 0.2) is 0 Å². The van der Waals surface area contributed by atoms with Crippen molar-refractivity contribution < 1.29 is 23.8 Å². The van der Waals surface area contributed by atoms with E-state index in [-0.39, 0.29) is 19.6 Å². The van der Waals surface area contributed by atoms with E-state index < -0.39 is 18.1 Å². The monoisotopic (exact) mass is 319 g/mol. The van der Waals surface area contributed by atoms with Gasteiger partial charge in [-0.25, -0.2) is 9.59 Å². The van der Waals surface area contributed by atoms with Crippen LogP contribution in [0.1, 0.15) is 25.3 Å². The molecule has 0 saturated carbocycles. The first-order valence-electron chi connectivity index (χ1n) is 7.27. The molecule has 6 heteroatoms. The number of ether oxygens (including phenoxy) is 3. The molecule has 1 aromatic rings. The normalized spacial score (nSPS) is 11.0. The highest BCUT2D eigenvalue weighted by Crippen LogP contribution is 2.12. The molecule has 0 bridgehead atoms. The summed E-state index contributed by atoms with van der Waals surface area (Å²) >= 11 is 0. The fraction of sp³-hybridized carbons (Fsp3) is 0.412. The number of hydrogen-bond donors (Lipinski definition) is 1. The highest BCUT2D eigenvalue weighted by Gasteiger charge is 2.21. The van der Waals surface area contributed by atoms with E-state index in [1.165, 1.54) is 0 Å². The number of rotatable bonds is 8. The fourth-order valence-corrected chi connectivity index (χ4v) is 1.67. The van der Waals surface area contributed by atoms with E-state index >= 15 is 0 Å². The van der Waals surface area contributed by atoms with Crippen LogP contribution in [0, 0.1) is 12.3 Å². The minimum absolute atomic E-state index is 0.0418. The molecule has 6 nitrogen and oxygen atoms in total. The highest BCUT2D eigenvalue weighted by molar-refractivity contribution is 5.81. The number of amides is 1. The predicted molar refractivity (Wildman–Crippen MR) is 84.8 cm³/mol. The Morgan fingerprint density at radius 2 is 1.96 bits per heavy atom. The van der Waals surface area contributed by atoms with Crippen molar-refractivity contribution in [1.82, 2.24) is 5.32 Å². The molecular weight excluding hydrogens is 298 g/mol. The Balaban J connectivity index is 2.48. The maximum Gasteiger partial charge on any atom is 0.408 e. The summed E-state index contributed by atoms with van der Waals surface area (Å²) in [5.74, 6) is 2.48. The van der Waals surface area contributed by atoms with Crippen molar-refractivity contribution in [2.24, 2.45) is 0 Å². The molecule has 0 aromatic heterocycles. The quantitative estimate of drug-likeness (QED) is 0.588. The Morgan fingerprint density at radius 1 is 1.26 bits per heavy atom. The van der Waals surface area contributed by atoms with E-state index in [4.69, 9.17) is 20.6 Å². The van der Waals surface area contributed by atoms with Crippen LogP contribution in [0.5, 0.6) is 5.75 Å². The number of hydrogen-bond acceptors (Lipinski definition) is 5. The maximum atomic E-state index is 11.8. The number of carbonyl (C=O) groups excluding carboxylic acids is 2. The van der Waals surface area contributed by atoms with Crippen molar-refractivity contribution in [1.29, 1.82) is 0 Å². The summed E-state index contributed by atoms with van der Waals surface area (Å²) in [5, 5.41) is 2.42. The zero-order valence-electron chi connectivity index (χ0n) is 13.3. The van der Waals surface area contributed by atoms with E-state index in [9.17, 15) is 9.59 Å². The number of carbonyl (C=O) groups is 2. The lowest BCUT2D eigenvalue weighted by Crippen LogP contribution is -2.42. The van der Waals surface area contributed by atoms with Crippen molar-refractivity contribution in [3.63, 3.8) is 0 Å². The first kappa shape index (κ1) is 18.4.